The van der Waals surface area contributed by atoms with Gasteiger partial charge in [-0.15, -0.1) is 0 Å². The molecule has 0 aromatic carbocycles. The molecule has 1 unspecified atom stereocenters. The Balaban J connectivity index is 2.33. The molecule has 0 saturated carbocycles. The number of aromatic amines is 1. The molecule has 1 aromatic heterocycles. The molecule has 0 radical (unpaired) electrons. The maximum atomic E-state index is 11.4. The van der Waals surface area contributed by atoms with Gasteiger partial charge < -0.3 is 10.4 Å². The molecule has 1 amide bonds. The lowest BCUT2D eigenvalue weighted by molar-refractivity contribution is -0.138. The van der Waals surface area contributed by atoms with Crippen molar-refractivity contribution in [2.45, 2.75) is 19.8 Å². The van der Waals surface area contributed by atoms with Gasteiger partial charge in [-0.3, -0.25) is 14.7 Å². The van der Waals surface area contributed by atoms with Crippen LogP contribution >= 0.6 is 0 Å². The highest BCUT2D eigenvalue weighted by molar-refractivity contribution is 5.90. The van der Waals surface area contributed by atoms with E-state index in [1.807, 2.05) is 0 Å². The summed E-state index contributed by atoms with van der Waals surface area (Å²) in [6.07, 6.45) is 1.71. The number of aromatic nitrogens is 2. The number of carbonyl (C=O) groups is 2. The third-order valence-electron chi connectivity index (χ3n) is 1.83. The van der Waals surface area contributed by atoms with Crippen molar-refractivity contribution >= 4 is 17.7 Å². The number of anilines is 1. The summed E-state index contributed by atoms with van der Waals surface area (Å²) in [5, 5.41) is 17.3. The van der Waals surface area contributed by atoms with Crippen molar-refractivity contribution in [3.05, 3.63) is 12.3 Å². The topological polar surface area (TPSA) is 95.1 Å². The number of hydrogen-bond donors (Lipinski definition) is 3. The summed E-state index contributed by atoms with van der Waals surface area (Å²) < 4.78 is 0. The number of nitrogens with zero attached hydrogens (tertiary/aromatic N) is 1. The van der Waals surface area contributed by atoms with Crippen molar-refractivity contribution in [3.63, 3.8) is 0 Å². The average Bonchev–Trinajstić information content (AvgIpc) is 2.53. The lowest BCUT2D eigenvalue weighted by atomic mass is 10.0. The molecule has 6 nitrogen and oxygen atoms in total. The summed E-state index contributed by atoms with van der Waals surface area (Å²) in [6, 6.07) is 1.62. The van der Waals surface area contributed by atoms with Crippen LogP contribution in [-0.2, 0) is 9.59 Å². The predicted octanol–water partition coefficient (Wildman–Crippen LogP) is 0.849. The molecule has 1 heterocycles. The molecule has 0 aliphatic rings. The smallest absolute Gasteiger partial charge is 0.303 e. The first kappa shape index (κ1) is 11.2. The lowest BCUT2D eigenvalue weighted by Gasteiger charge is -2.07. The van der Waals surface area contributed by atoms with Crippen LogP contribution in [0.25, 0.3) is 0 Å². The van der Waals surface area contributed by atoms with Crippen LogP contribution in [0.3, 0.4) is 0 Å². The van der Waals surface area contributed by atoms with Gasteiger partial charge in [0.15, 0.2) is 0 Å². The van der Waals surface area contributed by atoms with E-state index in [2.05, 4.69) is 15.5 Å². The SMILES string of the molecule is CC(CC(=O)O)CC(=O)Nc1ccn[nH]1. The van der Waals surface area contributed by atoms with Crippen LogP contribution in [0.2, 0.25) is 0 Å². The van der Waals surface area contributed by atoms with Crippen molar-refractivity contribution in [2.24, 2.45) is 5.92 Å². The van der Waals surface area contributed by atoms with E-state index in [4.69, 9.17) is 5.11 Å². The van der Waals surface area contributed by atoms with Crippen molar-refractivity contribution in [2.75, 3.05) is 5.32 Å². The van der Waals surface area contributed by atoms with Crippen molar-refractivity contribution in [3.8, 4) is 0 Å². The number of hydrogen-bond acceptors (Lipinski definition) is 3. The molecule has 1 aromatic rings. The molecular formula is C9H13N3O3. The van der Waals surface area contributed by atoms with Crippen LogP contribution in [-0.4, -0.2) is 27.2 Å². The van der Waals surface area contributed by atoms with Crippen LogP contribution in [0.15, 0.2) is 12.3 Å². The highest BCUT2D eigenvalue weighted by atomic mass is 16.4. The van der Waals surface area contributed by atoms with E-state index in [1.54, 1.807) is 13.0 Å². The Morgan fingerprint density at radius 3 is 2.87 bits per heavy atom. The normalized spacial score (nSPS) is 12.1. The van der Waals surface area contributed by atoms with Crippen molar-refractivity contribution < 1.29 is 14.7 Å². The maximum Gasteiger partial charge on any atom is 0.303 e. The first-order valence-corrected chi connectivity index (χ1v) is 4.59. The van der Waals surface area contributed by atoms with Crippen LogP contribution in [0.5, 0.6) is 0 Å². The summed E-state index contributed by atoms with van der Waals surface area (Å²) in [5.74, 6) is -0.766. The zero-order chi connectivity index (χ0) is 11.3. The summed E-state index contributed by atoms with van der Waals surface area (Å²) in [7, 11) is 0. The predicted molar refractivity (Wildman–Crippen MR) is 53.3 cm³/mol. The first-order chi connectivity index (χ1) is 7.08. The van der Waals surface area contributed by atoms with E-state index in [0.717, 1.165) is 0 Å². The third kappa shape index (κ3) is 4.26. The van der Waals surface area contributed by atoms with Gasteiger partial charge in [-0.05, 0) is 5.92 Å². The van der Waals surface area contributed by atoms with Gasteiger partial charge in [-0.2, -0.15) is 5.10 Å². The second kappa shape index (κ2) is 5.14. The highest BCUT2D eigenvalue weighted by Crippen LogP contribution is 2.09. The fourth-order valence-electron chi connectivity index (χ4n) is 1.21. The number of carboxylic acid groups (broad SMARTS) is 1. The molecule has 15 heavy (non-hydrogen) atoms. The summed E-state index contributed by atoms with van der Waals surface area (Å²) in [6.45, 7) is 1.72. The maximum absolute atomic E-state index is 11.4. The largest absolute Gasteiger partial charge is 0.481 e. The molecule has 3 N–H and O–H groups in total. The molecule has 1 rings (SSSR count). The van der Waals surface area contributed by atoms with Gasteiger partial charge in [0.25, 0.3) is 0 Å². The monoisotopic (exact) mass is 211 g/mol. The number of aliphatic carboxylic acids is 1. The number of carbonyl (C=O) groups excluding carboxylic acids is 1. The Kier molecular flexibility index (Phi) is 3.84. The zero-order valence-corrected chi connectivity index (χ0v) is 8.36. The Morgan fingerprint density at radius 2 is 2.33 bits per heavy atom. The zero-order valence-electron chi connectivity index (χ0n) is 8.36. The van der Waals surface area contributed by atoms with Crippen LogP contribution in [0.1, 0.15) is 19.8 Å². The number of amides is 1. The number of rotatable bonds is 5. The molecule has 0 fully saturated rings. The van der Waals surface area contributed by atoms with E-state index < -0.39 is 5.97 Å². The van der Waals surface area contributed by atoms with E-state index in [-0.39, 0.29) is 24.7 Å². The Labute approximate surface area is 86.7 Å². The fourth-order valence-corrected chi connectivity index (χ4v) is 1.21. The van der Waals surface area contributed by atoms with Gasteiger partial charge >= 0.3 is 5.97 Å². The van der Waals surface area contributed by atoms with Gasteiger partial charge in [0.05, 0.1) is 6.20 Å². The first-order valence-electron chi connectivity index (χ1n) is 4.59. The lowest BCUT2D eigenvalue weighted by Crippen LogP contribution is -2.17. The van der Waals surface area contributed by atoms with Gasteiger partial charge in [0, 0.05) is 18.9 Å². The quantitative estimate of drug-likeness (QED) is 0.672. The highest BCUT2D eigenvalue weighted by Gasteiger charge is 2.12. The number of H-pyrrole nitrogens is 1. The Hall–Kier alpha value is -1.85. The molecule has 0 aliphatic heterocycles. The third-order valence-corrected chi connectivity index (χ3v) is 1.83. The van der Waals surface area contributed by atoms with E-state index in [9.17, 15) is 9.59 Å². The minimum atomic E-state index is -0.892. The minimum absolute atomic E-state index is 0.00358. The van der Waals surface area contributed by atoms with Crippen molar-refractivity contribution in [1.82, 2.24) is 10.2 Å². The molecule has 6 heteroatoms. The second-order valence-corrected chi connectivity index (χ2v) is 3.43. The summed E-state index contributed by atoms with van der Waals surface area (Å²) >= 11 is 0. The summed E-state index contributed by atoms with van der Waals surface area (Å²) in [5.41, 5.74) is 0. The van der Waals surface area contributed by atoms with Crippen LogP contribution < -0.4 is 5.32 Å². The van der Waals surface area contributed by atoms with Crippen LogP contribution in [0, 0.1) is 5.92 Å². The fraction of sp³-hybridized carbons (Fsp3) is 0.444. The van der Waals surface area contributed by atoms with Crippen molar-refractivity contribution in [1.29, 1.82) is 0 Å². The van der Waals surface area contributed by atoms with E-state index >= 15 is 0 Å². The van der Waals surface area contributed by atoms with Crippen LogP contribution in [0.4, 0.5) is 5.82 Å². The molecule has 1 atom stereocenters. The molecular weight excluding hydrogens is 198 g/mol. The molecule has 0 saturated heterocycles. The molecule has 0 aliphatic carbocycles. The Morgan fingerprint density at radius 1 is 1.60 bits per heavy atom. The van der Waals surface area contributed by atoms with Gasteiger partial charge in [-0.25, -0.2) is 0 Å². The summed E-state index contributed by atoms with van der Waals surface area (Å²) in [4.78, 5) is 21.7. The minimum Gasteiger partial charge on any atom is -0.481 e. The van der Waals surface area contributed by atoms with E-state index in [1.165, 1.54) is 6.20 Å². The van der Waals surface area contributed by atoms with Gasteiger partial charge in [0.1, 0.15) is 5.82 Å². The standard InChI is InChI=1S/C9H13N3O3/c1-6(5-9(14)15)4-8(13)11-7-2-3-10-12-7/h2-3,6H,4-5H2,1H3,(H,14,15)(H2,10,11,12,13). The molecule has 82 valence electrons. The number of carboxylic acids is 1. The number of nitrogens with one attached hydrogen (secondary N) is 2. The Bertz CT molecular complexity index is 334. The van der Waals surface area contributed by atoms with E-state index in [0.29, 0.717) is 5.82 Å². The molecule has 0 bridgehead atoms. The van der Waals surface area contributed by atoms with Gasteiger partial charge in [0.2, 0.25) is 5.91 Å². The second-order valence-electron chi connectivity index (χ2n) is 3.43. The average molecular weight is 211 g/mol. The van der Waals surface area contributed by atoms with Gasteiger partial charge in [-0.1, -0.05) is 6.92 Å². The molecule has 0 spiro atoms.